The summed E-state index contributed by atoms with van der Waals surface area (Å²) in [5, 5.41) is 13.5. The minimum absolute atomic E-state index is 0.125. The van der Waals surface area contributed by atoms with Crippen LogP contribution in [0, 0.1) is 11.8 Å². The first kappa shape index (κ1) is 17.5. The molecule has 1 aliphatic rings. The number of phenols is 1. The van der Waals surface area contributed by atoms with E-state index >= 15 is 0 Å². The molecule has 0 aliphatic heterocycles. The molecular formula is C19H27NO3. The van der Waals surface area contributed by atoms with Crippen molar-refractivity contribution in [2.24, 2.45) is 11.8 Å². The van der Waals surface area contributed by atoms with Gasteiger partial charge in [-0.1, -0.05) is 31.6 Å². The van der Waals surface area contributed by atoms with Gasteiger partial charge in [0.1, 0.15) is 5.75 Å². The first-order chi connectivity index (χ1) is 11.0. The predicted molar refractivity (Wildman–Crippen MR) is 91.4 cm³/mol. The number of benzene rings is 1. The number of hydrogen-bond donors (Lipinski definition) is 2. The number of aromatic hydroxyl groups is 1. The molecule has 2 rings (SSSR count). The SMILES string of the molecule is C=C1CC(CC)CC(CNCc2ccc(C(=O)OC)cc2O)C1. The van der Waals surface area contributed by atoms with Gasteiger partial charge in [0.05, 0.1) is 12.7 Å². The number of nitrogens with one attached hydrogen (secondary N) is 1. The molecule has 1 fully saturated rings. The molecule has 2 atom stereocenters. The molecule has 0 spiro atoms. The van der Waals surface area contributed by atoms with Crippen LogP contribution in [0.2, 0.25) is 0 Å². The van der Waals surface area contributed by atoms with Crippen LogP contribution in [0.15, 0.2) is 30.4 Å². The number of ether oxygens (including phenoxy) is 1. The summed E-state index contributed by atoms with van der Waals surface area (Å²) in [6.45, 7) is 7.93. The quantitative estimate of drug-likeness (QED) is 0.621. The molecule has 1 aromatic carbocycles. The number of rotatable bonds is 6. The average Bonchev–Trinajstić information content (AvgIpc) is 2.55. The van der Waals surface area contributed by atoms with Gasteiger partial charge in [0.25, 0.3) is 0 Å². The fraction of sp³-hybridized carbons (Fsp3) is 0.526. The zero-order valence-electron chi connectivity index (χ0n) is 14.1. The lowest BCUT2D eigenvalue weighted by Crippen LogP contribution is -2.27. The van der Waals surface area contributed by atoms with E-state index in [1.807, 2.05) is 0 Å². The van der Waals surface area contributed by atoms with E-state index in [-0.39, 0.29) is 5.75 Å². The molecule has 23 heavy (non-hydrogen) atoms. The van der Waals surface area contributed by atoms with E-state index in [0.717, 1.165) is 24.4 Å². The van der Waals surface area contributed by atoms with Crippen LogP contribution in [0.5, 0.6) is 5.75 Å². The molecule has 1 aromatic rings. The zero-order chi connectivity index (χ0) is 16.8. The van der Waals surface area contributed by atoms with Crippen LogP contribution < -0.4 is 5.32 Å². The van der Waals surface area contributed by atoms with Crippen LogP contribution in [0.4, 0.5) is 0 Å². The van der Waals surface area contributed by atoms with Crippen molar-refractivity contribution in [1.29, 1.82) is 0 Å². The molecule has 0 amide bonds. The third kappa shape index (κ3) is 4.83. The highest BCUT2D eigenvalue weighted by atomic mass is 16.5. The van der Waals surface area contributed by atoms with Crippen LogP contribution in [0.25, 0.3) is 0 Å². The van der Waals surface area contributed by atoms with Crippen molar-refractivity contribution < 1.29 is 14.6 Å². The normalized spacial score (nSPS) is 21.2. The van der Waals surface area contributed by atoms with Gasteiger partial charge in [-0.25, -0.2) is 4.79 Å². The van der Waals surface area contributed by atoms with Gasteiger partial charge in [0.15, 0.2) is 0 Å². The summed E-state index contributed by atoms with van der Waals surface area (Å²) in [6, 6.07) is 4.90. The molecule has 0 bridgehead atoms. The van der Waals surface area contributed by atoms with Gasteiger partial charge in [-0.15, -0.1) is 0 Å². The monoisotopic (exact) mass is 317 g/mol. The highest BCUT2D eigenvalue weighted by Gasteiger charge is 2.22. The summed E-state index contributed by atoms with van der Waals surface area (Å²) in [4.78, 5) is 11.4. The van der Waals surface area contributed by atoms with Gasteiger partial charge in [-0.3, -0.25) is 0 Å². The summed E-state index contributed by atoms with van der Waals surface area (Å²) < 4.78 is 4.65. The van der Waals surface area contributed by atoms with E-state index in [1.54, 1.807) is 12.1 Å². The number of carbonyl (C=O) groups is 1. The molecule has 2 N–H and O–H groups in total. The summed E-state index contributed by atoms with van der Waals surface area (Å²) >= 11 is 0. The Hall–Kier alpha value is -1.81. The second-order valence-electron chi connectivity index (χ2n) is 6.50. The molecule has 4 heteroatoms. The third-order valence-electron chi connectivity index (χ3n) is 4.65. The minimum Gasteiger partial charge on any atom is -0.508 e. The van der Waals surface area contributed by atoms with Crippen molar-refractivity contribution in [2.75, 3.05) is 13.7 Å². The van der Waals surface area contributed by atoms with Crippen molar-refractivity contribution in [3.63, 3.8) is 0 Å². The summed E-state index contributed by atoms with van der Waals surface area (Å²) in [6.07, 6.45) is 4.72. The maximum Gasteiger partial charge on any atom is 0.337 e. The van der Waals surface area contributed by atoms with Gasteiger partial charge >= 0.3 is 5.97 Å². The lowest BCUT2D eigenvalue weighted by atomic mass is 9.78. The van der Waals surface area contributed by atoms with Crippen molar-refractivity contribution >= 4 is 5.97 Å². The Morgan fingerprint density at radius 3 is 2.78 bits per heavy atom. The molecule has 0 radical (unpaired) electrons. The van der Waals surface area contributed by atoms with E-state index in [9.17, 15) is 9.90 Å². The number of methoxy groups -OCH3 is 1. The predicted octanol–water partition coefficient (Wildman–Crippen LogP) is 3.65. The van der Waals surface area contributed by atoms with E-state index in [2.05, 4.69) is 23.6 Å². The Morgan fingerprint density at radius 1 is 1.39 bits per heavy atom. The van der Waals surface area contributed by atoms with Crippen LogP contribution in [0.1, 0.15) is 48.5 Å². The van der Waals surface area contributed by atoms with E-state index in [1.165, 1.54) is 38.0 Å². The Morgan fingerprint density at radius 2 is 2.13 bits per heavy atom. The average molecular weight is 317 g/mol. The van der Waals surface area contributed by atoms with Crippen molar-refractivity contribution in [1.82, 2.24) is 5.32 Å². The molecule has 126 valence electrons. The number of allylic oxidation sites excluding steroid dienone is 1. The minimum atomic E-state index is -0.439. The van der Waals surface area contributed by atoms with Gasteiger partial charge in [-0.2, -0.15) is 0 Å². The van der Waals surface area contributed by atoms with Crippen molar-refractivity contribution in [3.05, 3.63) is 41.5 Å². The molecule has 0 heterocycles. The molecule has 0 saturated heterocycles. The summed E-state index contributed by atoms with van der Waals surface area (Å²) in [7, 11) is 1.33. The maximum atomic E-state index is 11.4. The van der Waals surface area contributed by atoms with E-state index in [4.69, 9.17) is 0 Å². The smallest absolute Gasteiger partial charge is 0.337 e. The third-order valence-corrected chi connectivity index (χ3v) is 4.65. The zero-order valence-corrected chi connectivity index (χ0v) is 14.1. The molecule has 4 nitrogen and oxygen atoms in total. The van der Waals surface area contributed by atoms with Gasteiger partial charge in [0.2, 0.25) is 0 Å². The van der Waals surface area contributed by atoms with Crippen LogP contribution in [0.3, 0.4) is 0 Å². The van der Waals surface area contributed by atoms with Gasteiger partial charge in [0, 0.05) is 12.1 Å². The molecule has 1 aliphatic carbocycles. The lowest BCUT2D eigenvalue weighted by molar-refractivity contribution is 0.0600. The second kappa shape index (κ2) is 8.16. The highest BCUT2D eigenvalue weighted by Crippen LogP contribution is 2.33. The number of hydrogen-bond acceptors (Lipinski definition) is 4. The number of phenolic OH excluding ortho intramolecular Hbond substituents is 1. The first-order valence-corrected chi connectivity index (χ1v) is 8.31. The first-order valence-electron chi connectivity index (χ1n) is 8.31. The number of carbonyl (C=O) groups excluding carboxylic acids is 1. The summed E-state index contributed by atoms with van der Waals surface area (Å²) in [5.41, 5.74) is 2.52. The van der Waals surface area contributed by atoms with Gasteiger partial charge < -0.3 is 15.2 Å². The second-order valence-corrected chi connectivity index (χ2v) is 6.50. The molecule has 2 unspecified atom stereocenters. The van der Waals surface area contributed by atoms with E-state index in [0.29, 0.717) is 18.0 Å². The number of esters is 1. The molecular weight excluding hydrogens is 290 g/mol. The standard InChI is InChI=1S/C19H27NO3/c1-4-14-7-13(2)8-15(9-14)11-20-12-17-6-5-16(10-18(17)21)19(22)23-3/h5-6,10,14-15,20-21H,2,4,7-9,11-12H2,1,3H3. The Labute approximate surface area is 138 Å². The highest BCUT2D eigenvalue weighted by molar-refractivity contribution is 5.89. The Kier molecular flexibility index (Phi) is 6.22. The van der Waals surface area contributed by atoms with Crippen LogP contribution in [-0.2, 0) is 11.3 Å². The van der Waals surface area contributed by atoms with Gasteiger partial charge in [-0.05, 0) is 49.8 Å². The molecule has 0 aromatic heterocycles. The fourth-order valence-corrected chi connectivity index (χ4v) is 3.37. The van der Waals surface area contributed by atoms with Crippen molar-refractivity contribution in [3.8, 4) is 5.75 Å². The summed E-state index contributed by atoms with van der Waals surface area (Å²) in [5.74, 6) is 1.07. The Balaban J connectivity index is 1.86. The largest absolute Gasteiger partial charge is 0.508 e. The van der Waals surface area contributed by atoms with Crippen LogP contribution in [-0.4, -0.2) is 24.7 Å². The maximum absolute atomic E-state index is 11.4. The van der Waals surface area contributed by atoms with Crippen LogP contribution >= 0.6 is 0 Å². The fourth-order valence-electron chi connectivity index (χ4n) is 3.37. The topological polar surface area (TPSA) is 58.6 Å². The Bertz CT molecular complexity index is 568. The van der Waals surface area contributed by atoms with E-state index < -0.39 is 5.97 Å². The lowest BCUT2D eigenvalue weighted by Gasteiger charge is -2.30. The molecule has 1 saturated carbocycles. The van der Waals surface area contributed by atoms with Crippen molar-refractivity contribution in [2.45, 2.75) is 39.2 Å².